The van der Waals surface area contributed by atoms with E-state index >= 15 is 0 Å². The third-order valence-corrected chi connectivity index (χ3v) is 2.53. The van der Waals surface area contributed by atoms with Crippen LogP contribution in [0.3, 0.4) is 0 Å². The Kier molecular flexibility index (Phi) is 1.51. The summed E-state index contributed by atoms with van der Waals surface area (Å²) in [5.74, 6) is -0.539. The highest BCUT2D eigenvalue weighted by Gasteiger charge is 2.27. The summed E-state index contributed by atoms with van der Waals surface area (Å²) < 4.78 is 13.0. The van der Waals surface area contributed by atoms with Gasteiger partial charge in [-0.1, -0.05) is 0 Å². The van der Waals surface area contributed by atoms with Crippen molar-refractivity contribution in [2.75, 3.05) is 0 Å². The Morgan fingerprint density at radius 2 is 1.93 bits per heavy atom. The maximum atomic E-state index is 13.0. The average Bonchev–Trinajstić information content (AvgIpc) is 2.54. The fourth-order valence-corrected chi connectivity index (χ4v) is 1.86. The molecule has 0 aliphatic heterocycles. The van der Waals surface area contributed by atoms with E-state index in [-0.39, 0.29) is 5.78 Å². The minimum absolute atomic E-state index is 0.146. The molecular formula is C12H6FNO. The van der Waals surface area contributed by atoms with Crippen LogP contribution in [0.5, 0.6) is 0 Å². The SMILES string of the molecule is O=C1c2cc(F)ccc2-c2ncccc21. The molecule has 0 bridgehead atoms. The Morgan fingerprint density at radius 3 is 2.80 bits per heavy atom. The molecule has 1 heterocycles. The summed E-state index contributed by atoms with van der Waals surface area (Å²) in [6.07, 6.45) is 1.63. The van der Waals surface area contributed by atoms with Gasteiger partial charge in [-0.3, -0.25) is 9.78 Å². The van der Waals surface area contributed by atoms with Crippen LogP contribution in [0.15, 0.2) is 36.5 Å². The standard InChI is InChI=1S/C12H6FNO/c13-7-3-4-8-10(6-7)12(15)9-2-1-5-14-11(8)9/h1-6H. The highest BCUT2D eigenvalue weighted by atomic mass is 19.1. The number of rotatable bonds is 0. The Balaban J connectivity index is 2.38. The van der Waals surface area contributed by atoms with Gasteiger partial charge in [-0.25, -0.2) is 4.39 Å². The van der Waals surface area contributed by atoms with E-state index < -0.39 is 5.82 Å². The highest BCUT2D eigenvalue weighted by molar-refractivity contribution is 6.20. The first-order valence-corrected chi connectivity index (χ1v) is 4.57. The molecule has 0 fully saturated rings. The van der Waals surface area contributed by atoms with Crippen LogP contribution in [0, 0.1) is 5.82 Å². The molecule has 0 amide bonds. The molecule has 3 rings (SSSR count). The van der Waals surface area contributed by atoms with Gasteiger partial charge in [0, 0.05) is 22.9 Å². The number of carbonyl (C=O) groups excluding carboxylic acids is 1. The van der Waals surface area contributed by atoms with Crippen molar-refractivity contribution in [3.63, 3.8) is 0 Å². The van der Waals surface area contributed by atoms with Crippen LogP contribution in [-0.2, 0) is 0 Å². The number of aromatic nitrogens is 1. The largest absolute Gasteiger partial charge is 0.289 e. The van der Waals surface area contributed by atoms with E-state index in [1.807, 2.05) is 0 Å². The Hall–Kier alpha value is -2.03. The van der Waals surface area contributed by atoms with Crippen molar-refractivity contribution >= 4 is 5.78 Å². The molecule has 1 aliphatic rings. The average molecular weight is 199 g/mol. The second kappa shape index (κ2) is 2.73. The van der Waals surface area contributed by atoms with Gasteiger partial charge in [-0.05, 0) is 30.3 Å². The Bertz CT molecular complexity index is 578. The van der Waals surface area contributed by atoms with Crippen molar-refractivity contribution < 1.29 is 9.18 Å². The third-order valence-electron chi connectivity index (χ3n) is 2.53. The minimum Gasteiger partial charge on any atom is -0.289 e. The summed E-state index contributed by atoms with van der Waals surface area (Å²) in [5.41, 5.74) is 2.33. The number of benzene rings is 1. The fraction of sp³-hybridized carbons (Fsp3) is 0. The van der Waals surface area contributed by atoms with Gasteiger partial charge in [0.05, 0.1) is 5.69 Å². The minimum atomic E-state index is -0.394. The van der Waals surface area contributed by atoms with Crippen molar-refractivity contribution in [2.24, 2.45) is 0 Å². The normalized spacial score (nSPS) is 12.5. The van der Waals surface area contributed by atoms with Gasteiger partial charge in [0.15, 0.2) is 5.78 Å². The number of fused-ring (bicyclic) bond motifs is 3. The second-order valence-corrected chi connectivity index (χ2v) is 3.42. The van der Waals surface area contributed by atoms with E-state index in [2.05, 4.69) is 4.98 Å². The van der Waals surface area contributed by atoms with Crippen LogP contribution in [-0.4, -0.2) is 10.8 Å². The molecule has 0 N–H and O–H groups in total. The zero-order chi connectivity index (χ0) is 10.4. The van der Waals surface area contributed by atoms with Crippen LogP contribution in [0.2, 0.25) is 0 Å². The smallest absolute Gasteiger partial charge is 0.196 e. The number of carbonyl (C=O) groups is 1. The second-order valence-electron chi connectivity index (χ2n) is 3.42. The summed E-state index contributed by atoms with van der Waals surface area (Å²) in [7, 11) is 0. The van der Waals surface area contributed by atoms with Gasteiger partial charge in [-0.15, -0.1) is 0 Å². The van der Waals surface area contributed by atoms with Crippen molar-refractivity contribution in [3.8, 4) is 11.3 Å². The first-order valence-electron chi connectivity index (χ1n) is 4.57. The predicted molar refractivity (Wildman–Crippen MR) is 53.1 cm³/mol. The van der Waals surface area contributed by atoms with Crippen LogP contribution >= 0.6 is 0 Å². The van der Waals surface area contributed by atoms with Crippen LogP contribution in [0.25, 0.3) is 11.3 Å². The quantitative estimate of drug-likeness (QED) is 0.556. The lowest BCUT2D eigenvalue weighted by Gasteiger charge is -1.96. The van der Waals surface area contributed by atoms with Gasteiger partial charge in [-0.2, -0.15) is 0 Å². The summed E-state index contributed by atoms with van der Waals surface area (Å²) in [5, 5.41) is 0. The van der Waals surface area contributed by atoms with E-state index in [1.54, 1.807) is 24.4 Å². The van der Waals surface area contributed by atoms with Crippen molar-refractivity contribution in [2.45, 2.75) is 0 Å². The van der Waals surface area contributed by atoms with Gasteiger partial charge in [0.25, 0.3) is 0 Å². The lowest BCUT2D eigenvalue weighted by atomic mass is 10.1. The van der Waals surface area contributed by atoms with E-state index in [1.165, 1.54) is 12.1 Å². The number of halogens is 1. The molecule has 1 aliphatic carbocycles. The molecule has 15 heavy (non-hydrogen) atoms. The molecule has 0 atom stereocenters. The molecular weight excluding hydrogens is 193 g/mol. The molecule has 2 aromatic rings. The summed E-state index contributed by atoms with van der Waals surface area (Å²) in [6, 6.07) is 7.62. The van der Waals surface area contributed by atoms with E-state index in [0.29, 0.717) is 16.8 Å². The number of pyridine rings is 1. The van der Waals surface area contributed by atoms with Crippen LogP contribution < -0.4 is 0 Å². The highest BCUT2D eigenvalue weighted by Crippen LogP contribution is 2.34. The maximum absolute atomic E-state index is 13.0. The van der Waals surface area contributed by atoms with Crippen molar-refractivity contribution in [1.82, 2.24) is 4.98 Å². The topological polar surface area (TPSA) is 30.0 Å². The number of hydrogen-bond donors (Lipinski definition) is 0. The van der Waals surface area contributed by atoms with Gasteiger partial charge < -0.3 is 0 Å². The first kappa shape index (κ1) is 8.29. The van der Waals surface area contributed by atoms with Gasteiger partial charge in [0.1, 0.15) is 5.82 Å². The first-order chi connectivity index (χ1) is 7.27. The molecule has 0 saturated carbocycles. The molecule has 2 nitrogen and oxygen atoms in total. The van der Waals surface area contributed by atoms with E-state index in [0.717, 1.165) is 5.56 Å². The zero-order valence-electron chi connectivity index (χ0n) is 7.70. The summed E-state index contributed by atoms with van der Waals surface area (Å²) in [6.45, 7) is 0. The predicted octanol–water partition coefficient (Wildman–Crippen LogP) is 2.43. The third kappa shape index (κ3) is 1.03. The molecule has 0 spiro atoms. The number of hydrogen-bond acceptors (Lipinski definition) is 2. The lowest BCUT2D eigenvalue weighted by molar-refractivity contribution is 0.104. The Morgan fingerprint density at radius 1 is 1.07 bits per heavy atom. The monoisotopic (exact) mass is 199 g/mol. The molecule has 3 heteroatoms. The van der Waals surface area contributed by atoms with Crippen molar-refractivity contribution in [3.05, 3.63) is 53.5 Å². The summed E-state index contributed by atoms with van der Waals surface area (Å²) in [4.78, 5) is 16.0. The lowest BCUT2D eigenvalue weighted by Crippen LogP contribution is -1.95. The fourth-order valence-electron chi connectivity index (χ4n) is 1.86. The molecule has 1 aromatic heterocycles. The van der Waals surface area contributed by atoms with Crippen LogP contribution in [0.1, 0.15) is 15.9 Å². The molecule has 0 saturated heterocycles. The number of ketones is 1. The molecule has 72 valence electrons. The van der Waals surface area contributed by atoms with E-state index in [9.17, 15) is 9.18 Å². The van der Waals surface area contributed by atoms with E-state index in [4.69, 9.17) is 0 Å². The zero-order valence-corrected chi connectivity index (χ0v) is 7.70. The summed E-state index contributed by atoms with van der Waals surface area (Å²) >= 11 is 0. The van der Waals surface area contributed by atoms with Crippen molar-refractivity contribution in [1.29, 1.82) is 0 Å². The molecule has 1 aromatic carbocycles. The number of nitrogens with zero attached hydrogens (tertiary/aromatic N) is 1. The molecule has 0 radical (unpaired) electrons. The van der Waals surface area contributed by atoms with Crippen LogP contribution in [0.4, 0.5) is 4.39 Å². The molecule has 0 unspecified atom stereocenters. The van der Waals surface area contributed by atoms with Gasteiger partial charge >= 0.3 is 0 Å². The van der Waals surface area contributed by atoms with Gasteiger partial charge in [0.2, 0.25) is 0 Å². The Labute approximate surface area is 85.4 Å². The maximum Gasteiger partial charge on any atom is 0.196 e.